The molecule has 440 valence electrons. The molecule has 0 bridgehead atoms. The second kappa shape index (κ2) is 57.7. The van der Waals surface area contributed by atoms with E-state index in [1.165, 1.54) is 225 Å². The normalized spacial score (nSPS) is 12.9. The van der Waals surface area contributed by atoms with Crippen LogP contribution in [0, 0.1) is 0 Å². The number of esters is 2. The van der Waals surface area contributed by atoms with E-state index in [9.17, 15) is 19.5 Å². The molecule has 0 aromatic rings. The Morgan fingerprint density at radius 2 is 0.720 bits per heavy atom. The number of likely N-dealkylation sites (N-methyl/N-ethyl adjacent to an activating group) is 1. The van der Waals surface area contributed by atoms with Gasteiger partial charge in [-0.3, -0.25) is 9.59 Å². The van der Waals surface area contributed by atoms with Gasteiger partial charge in [-0.1, -0.05) is 262 Å². The van der Waals surface area contributed by atoms with Crippen LogP contribution in [-0.4, -0.2) is 82.3 Å². The Kier molecular flexibility index (Phi) is 55.8. The van der Waals surface area contributed by atoms with Gasteiger partial charge in [-0.05, 0) is 70.6 Å². The number of carbonyl (C=O) groups excluding carboxylic acids is 3. The number of hydrogen-bond donors (Lipinski definition) is 0. The number of nitrogens with zero attached hydrogens (tertiary/aromatic N) is 1. The van der Waals surface area contributed by atoms with Crippen LogP contribution in [0.4, 0.5) is 0 Å². The molecule has 75 heavy (non-hydrogen) atoms. The van der Waals surface area contributed by atoms with Gasteiger partial charge in [0, 0.05) is 12.8 Å². The lowest BCUT2D eigenvalue weighted by molar-refractivity contribution is -0.870. The zero-order valence-corrected chi connectivity index (χ0v) is 50.2. The molecule has 0 radical (unpaired) electrons. The van der Waals surface area contributed by atoms with Gasteiger partial charge in [-0.25, -0.2) is 0 Å². The Bertz CT molecular complexity index is 1320. The highest BCUT2D eigenvalue weighted by Crippen LogP contribution is 2.18. The predicted octanol–water partition coefficient (Wildman–Crippen LogP) is 17.9. The minimum Gasteiger partial charge on any atom is -0.545 e. The summed E-state index contributed by atoms with van der Waals surface area (Å²) in [4.78, 5) is 37.3. The number of allylic oxidation sites excluding steroid dienone is 6. The van der Waals surface area contributed by atoms with Gasteiger partial charge in [0.05, 0.1) is 40.3 Å². The van der Waals surface area contributed by atoms with Crippen molar-refractivity contribution < 1.29 is 42.9 Å². The third-order valence-electron chi connectivity index (χ3n) is 14.4. The summed E-state index contributed by atoms with van der Waals surface area (Å²) < 4.78 is 22.7. The van der Waals surface area contributed by atoms with Crippen LogP contribution < -0.4 is 5.11 Å². The molecule has 0 amide bonds. The van der Waals surface area contributed by atoms with E-state index < -0.39 is 24.3 Å². The number of ether oxygens (including phenoxy) is 4. The molecule has 0 aliphatic carbocycles. The second-order valence-electron chi connectivity index (χ2n) is 23.0. The van der Waals surface area contributed by atoms with Crippen LogP contribution in [0.15, 0.2) is 36.5 Å². The molecule has 2 atom stereocenters. The van der Waals surface area contributed by atoms with Gasteiger partial charge in [0.15, 0.2) is 12.4 Å². The van der Waals surface area contributed by atoms with Crippen molar-refractivity contribution >= 4 is 17.9 Å². The van der Waals surface area contributed by atoms with Crippen molar-refractivity contribution in [3.05, 3.63) is 36.5 Å². The SMILES string of the molecule is CCCCC/C=C\C/C=C\CCCCCCCCCC(=O)OC(COC(=O)CCCCCCCCCCCCCCCCCCCCCCC/C=C\CCCCCCCCCC)COC(OCC[N+](C)(C)C)C(=O)[O-]. The summed E-state index contributed by atoms with van der Waals surface area (Å²) >= 11 is 0. The van der Waals surface area contributed by atoms with E-state index in [1.54, 1.807) is 0 Å². The van der Waals surface area contributed by atoms with Crippen molar-refractivity contribution in [2.24, 2.45) is 0 Å². The number of quaternary nitrogens is 1. The maximum Gasteiger partial charge on any atom is 0.306 e. The molecule has 9 nitrogen and oxygen atoms in total. The number of aliphatic carboxylic acids is 1. The van der Waals surface area contributed by atoms with E-state index in [1.807, 2.05) is 21.1 Å². The number of unbranched alkanes of at least 4 members (excludes halogenated alkanes) is 39. The molecule has 0 rings (SSSR count). The lowest BCUT2D eigenvalue weighted by Crippen LogP contribution is -2.44. The van der Waals surface area contributed by atoms with Crippen molar-refractivity contribution in [3.63, 3.8) is 0 Å². The zero-order valence-electron chi connectivity index (χ0n) is 50.2. The van der Waals surface area contributed by atoms with Crippen LogP contribution in [-0.2, 0) is 33.3 Å². The van der Waals surface area contributed by atoms with E-state index in [0.29, 0.717) is 23.9 Å². The Hall–Kier alpha value is -2.49. The third-order valence-corrected chi connectivity index (χ3v) is 14.4. The Balaban J connectivity index is 4.04. The van der Waals surface area contributed by atoms with Crippen LogP contribution in [0.3, 0.4) is 0 Å². The molecule has 0 spiro atoms. The molecule has 0 aliphatic heterocycles. The van der Waals surface area contributed by atoms with Crippen LogP contribution in [0.1, 0.15) is 309 Å². The Labute approximate surface area is 464 Å². The predicted molar refractivity (Wildman–Crippen MR) is 316 cm³/mol. The Morgan fingerprint density at radius 3 is 1.09 bits per heavy atom. The summed E-state index contributed by atoms with van der Waals surface area (Å²) in [6, 6.07) is 0. The molecule has 0 aliphatic rings. The molecule has 0 aromatic carbocycles. The monoisotopic (exact) mass is 1060 g/mol. The average molecular weight is 1060 g/mol. The van der Waals surface area contributed by atoms with E-state index in [0.717, 1.165) is 51.4 Å². The van der Waals surface area contributed by atoms with E-state index >= 15 is 0 Å². The molecule has 0 heterocycles. The van der Waals surface area contributed by atoms with Gasteiger partial charge in [0.2, 0.25) is 0 Å². The first kappa shape index (κ1) is 72.5. The lowest BCUT2D eigenvalue weighted by atomic mass is 10.0. The molecule has 9 heteroatoms. The standard InChI is InChI=1S/C66H123NO8/c1-6-8-10-12-14-16-18-20-22-24-25-26-27-28-29-30-31-32-33-34-35-36-37-38-39-41-42-44-46-48-50-52-54-56-63(68)73-60-62(61-74-66(65(70)71)72-59-58-67(3,4)5)75-64(69)57-55-53-51-49-47-45-43-40-23-21-19-17-15-13-11-9-7-2/h15,17,21,23-25,62,66H,6-14,16,18-20,22,26-61H2,1-5H3/b17-15-,23-21-,25-24-. The Morgan fingerprint density at radius 1 is 0.400 bits per heavy atom. The highest BCUT2D eigenvalue weighted by Gasteiger charge is 2.22. The van der Waals surface area contributed by atoms with Crippen LogP contribution in [0.25, 0.3) is 0 Å². The first-order valence-electron chi connectivity index (χ1n) is 32.1. The van der Waals surface area contributed by atoms with E-state index in [4.69, 9.17) is 18.9 Å². The van der Waals surface area contributed by atoms with Crippen molar-refractivity contribution in [1.82, 2.24) is 0 Å². The average Bonchev–Trinajstić information content (AvgIpc) is 3.38. The van der Waals surface area contributed by atoms with Crippen molar-refractivity contribution in [3.8, 4) is 0 Å². The lowest BCUT2D eigenvalue weighted by Gasteiger charge is -2.26. The van der Waals surface area contributed by atoms with E-state index in [2.05, 4.69) is 50.3 Å². The first-order chi connectivity index (χ1) is 36.6. The maximum absolute atomic E-state index is 12.9. The fourth-order valence-electron chi connectivity index (χ4n) is 9.39. The summed E-state index contributed by atoms with van der Waals surface area (Å²) in [5.41, 5.74) is 0. The van der Waals surface area contributed by atoms with Gasteiger partial charge in [0.25, 0.3) is 0 Å². The van der Waals surface area contributed by atoms with E-state index in [-0.39, 0.29) is 32.2 Å². The third kappa shape index (κ3) is 59.0. The van der Waals surface area contributed by atoms with Crippen molar-refractivity contribution in [2.75, 3.05) is 47.5 Å². The summed E-state index contributed by atoms with van der Waals surface area (Å²) in [7, 11) is 5.93. The van der Waals surface area contributed by atoms with Crippen molar-refractivity contribution in [2.45, 2.75) is 322 Å². The highest BCUT2D eigenvalue weighted by molar-refractivity contribution is 5.70. The quantitative estimate of drug-likeness (QED) is 0.0195. The van der Waals surface area contributed by atoms with Gasteiger partial charge in [-0.2, -0.15) is 0 Å². The summed E-state index contributed by atoms with van der Waals surface area (Å²) in [5, 5.41) is 11.8. The molecule has 2 unspecified atom stereocenters. The van der Waals surface area contributed by atoms with Gasteiger partial charge < -0.3 is 33.3 Å². The van der Waals surface area contributed by atoms with Crippen LogP contribution in [0.2, 0.25) is 0 Å². The molecular formula is C66H123NO8. The smallest absolute Gasteiger partial charge is 0.306 e. The molecule has 0 N–H and O–H groups in total. The molecule has 0 saturated carbocycles. The van der Waals surface area contributed by atoms with Gasteiger partial charge >= 0.3 is 11.9 Å². The first-order valence-corrected chi connectivity index (χ1v) is 32.1. The fraction of sp³-hybridized carbons (Fsp3) is 0.864. The number of carbonyl (C=O) groups is 3. The summed E-state index contributed by atoms with van der Waals surface area (Å²) in [5.74, 6) is -2.28. The minimum absolute atomic E-state index is 0.147. The van der Waals surface area contributed by atoms with Gasteiger partial charge in [-0.15, -0.1) is 0 Å². The topological polar surface area (TPSA) is 111 Å². The molecule has 0 aromatic heterocycles. The largest absolute Gasteiger partial charge is 0.545 e. The van der Waals surface area contributed by atoms with Crippen LogP contribution in [0.5, 0.6) is 0 Å². The number of carboxylic acids is 1. The molecule has 0 fully saturated rings. The van der Waals surface area contributed by atoms with Gasteiger partial charge in [0.1, 0.15) is 13.2 Å². The minimum atomic E-state index is -1.62. The fourth-order valence-corrected chi connectivity index (χ4v) is 9.39. The maximum atomic E-state index is 12.9. The van der Waals surface area contributed by atoms with Crippen LogP contribution >= 0.6 is 0 Å². The molecular weight excluding hydrogens is 935 g/mol. The van der Waals surface area contributed by atoms with Crippen molar-refractivity contribution in [1.29, 1.82) is 0 Å². The summed E-state index contributed by atoms with van der Waals surface area (Å²) in [6.07, 6.45) is 67.9. The molecule has 0 saturated heterocycles. The summed E-state index contributed by atoms with van der Waals surface area (Å²) in [6.45, 7) is 4.75. The number of hydrogen-bond acceptors (Lipinski definition) is 8. The zero-order chi connectivity index (χ0) is 54.8. The highest BCUT2D eigenvalue weighted by atomic mass is 16.7. The number of carboxylic acid groups (broad SMARTS) is 1. The second-order valence-corrected chi connectivity index (χ2v) is 23.0. The number of rotatable bonds is 60.